The number of hydrogen-bond donors (Lipinski definition) is 1. The van der Waals surface area contributed by atoms with E-state index in [1.165, 1.54) is 19.3 Å². The maximum atomic E-state index is 5.64. The highest BCUT2D eigenvalue weighted by Crippen LogP contribution is 2.27. The van der Waals surface area contributed by atoms with E-state index in [1.807, 2.05) is 0 Å². The van der Waals surface area contributed by atoms with Crippen molar-refractivity contribution in [2.24, 2.45) is 11.8 Å². The first kappa shape index (κ1) is 12.0. The van der Waals surface area contributed by atoms with Crippen molar-refractivity contribution in [1.82, 2.24) is 5.32 Å². The maximum absolute atomic E-state index is 5.64. The summed E-state index contributed by atoms with van der Waals surface area (Å²) >= 11 is 0. The van der Waals surface area contributed by atoms with Crippen LogP contribution in [-0.4, -0.2) is 25.8 Å². The molecule has 0 aliphatic carbocycles. The minimum Gasteiger partial charge on any atom is -0.378 e. The van der Waals surface area contributed by atoms with E-state index < -0.39 is 0 Å². The Kier molecular flexibility index (Phi) is 4.90. The van der Waals surface area contributed by atoms with Gasteiger partial charge in [-0.3, -0.25) is 0 Å². The van der Waals surface area contributed by atoms with E-state index >= 15 is 0 Å². The molecule has 84 valence electrons. The second-order valence-electron chi connectivity index (χ2n) is 4.72. The standard InChI is InChI=1S/C12H25NO/c1-5-6-9(2)12(13-4)11-7-10(3)14-8-11/h9-13H,5-8H2,1-4H3. The van der Waals surface area contributed by atoms with E-state index in [4.69, 9.17) is 4.74 Å². The SMILES string of the molecule is CCCC(C)C(NC)C1COC(C)C1. The molecule has 1 aliphatic heterocycles. The molecule has 1 rings (SSSR count). The van der Waals surface area contributed by atoms with Crippen LogP contribution in [0.1, 0.15) is 40.0 Å². The van der Waals surface area contributed by atoms with Crippen molar-refractivity contribution in [2.75, 3.05) is 13.7 Å². The third-order valence-electron chi connectivity index (χ3n) is 3.43. The van der Waals surface area contributed by atoms with Crippen molar-refractivity contribution >= 4 is 0 Å². The highest BCUT2D eigenvalue weighted by Gasteiger charge is 2.31. The van der Waals surface area contributed by atoms with Gasteiger partial charge in [-0.15, -0.1) is 0 Å². The normalized spacial score (nSPS) is 31.7. The van der Waals surface area contributed by atoms with E-state index in [0.717, 1.165) is 18.4 Å². The van der Waals surface area contributed by atoms with Gasteiger partial charge in [0.15, 0.2) is 0 Å². The lowest BCUT2D eigenvalue weighted by Crippen LogP contribution is -2.39. The number of ether oxygens (including phenoxy) is 1. The van der Waals surface area contributed by atoms with Crippen LogP contribution >= 0.6 is 0 Å². The van der Waals surface area contributed by atoms with Crippen LogP contribution in [0.25, 0.3) is 0 Å². The lowest BCUT2D eigenvalue weighted by atomic mass is 9.85. The molecular weight excluding hydrogens is 174 g/mol. The van der Waals surface area contributed by atoms with Crippen LogP contribution < -0.4 is 5.32 Å². The summed E-state index contributed by atoms with van der Waals surface area (Å²) in [7, 11) is 2.08. The van der Waals surface area contributed by atoms with Crippen molar-refractivity contribution in [3.05, 3.63) is 0 Å². The second kappa shape index (κ2) is 5.72. The van der Waals surface area contributed by atoms with Crippen LogP contribution in [0.4, 0.5) is 0 Å². The molecule has 1 fully saturated rings. The van der Waals surface area contributed by atoms with Gasteiger partial charge >= 0.3 is 0 Å². The molecule has 4 unspecified atom stereocenters. The highest BCUT2D eigenvalue weighted by atomic mass is 16.5. The van der Waals surface area contributed by atoms with Crippen LogP contribution in [0.3, 0.4) is 0 Å². The van der Waals surface area contributed by atoms with Crippen LogP contribution in [0.5, 0.6) is 0 Å². The molecule has 14 heavy (non-hydrogen) atoms. The molecule has 0 aromatic carbocycles. The van der Waals surface area contributed by atoms with Crippen molar-refractivity contribution < 1.29 is 4.74 Å². The molecule has 0 radical (unpaired) electrons. The van der Waals surface area contributed by atoms with Gasteiger partial charge in [0.1, 0.15) is 0 Å². The van der Waals surface area contributed by atoms with Crippen LogP contribution in [0, 0.1) is 11.8 Å². The first-order valence-corrected chi connectivity index (χ1v) is 5.97. The molecular formula is C12H25NO. The Morgan fingerprint density at radius 3 is 2.64 bits per heavy atom. The third-order valence-corrected chi connectivity index (χ3v) is 3.43. The predicted molar refractivity (Wildman–Crippen MR) is 60.4 cm³/mol. The Labute approximate surface area is 88.4 Å². The second-order valence-corrected chi connectivity index (χ2v) is 4.72. The maximum Gasteiger partial charge on any atom is 0.0551 e. The van der Waals surface area contributed by atoms with E-state index in [9.17, 15) is 0 Å². The summed E-state index contributed by atoms with van der Waals surface area (Å²) in [5.41, 5.74) is 0. The van der Waals surface area contributed by atoms with Gasteiger partial charge in [0, 0.05) is 12.0 Å². The molecule has 0 saturated carbocycles. The molecule has 1 saturated heterocycles. The number of hydrogen-bond acceptors (Lipinski definition) is 2. The monoisotopic (exact) mass is 199 g/mol. The van der Waals surface area contributed by atoms with Crippen molar-refractivity contribution in [2.45, 2.75) is 52.2 Å². The highest BCUT2D eigenvalue weighted by molar-refractivity contribution is 4.84. The van der Waals surface area contributed by atoms with E-state index in [0.29, 0.717) is 12.1 Å². The quantitative estimate of drug-likeness (QED) is 0.734. The topological polar surface area (TPSA) is 21.3 Å². The Hall–Kier alpha value is -0.0800. The van der Waals surface area contributed by atoms with Gasteiger partial charge in [-0.2, -0.15) is 0 Å². The lowest BCUT2D eigenvalue weighted by Gasteiger charge is -2.28. The molecule has 0 aromatic rings. The van der Waals surface area contributed by atoms with Gasteiger partial charge in [-0.25, -0.2) is 0 Å². The molecule has 0 spiro atoms. The summed E-state index contributed by atoms with van der Waals surface area (Å²) in [5.74, 6) is 1.49. The Bertz CT molecular complexity index is 160. The molecule has 4 atom stereocenters. The summed E-state index contributed by atoms with van der Waals surface area (Å²) in [4.78, 5) is 0. The van der Waals surface area contributed by atoms with Gasteiger partial charge < -0.3 is 10.1 Å². The summed E-state index contributed by atoms with van der Waals surface area (Å²) in [6.45, 7) is 7.74. The zero-order valence-electron chi connectivity index (χ0n) is 10.0. The largest absolute Gasteiger partial charge is 0.378 e. The minimum absolute atomic E-state index is 0.463. The Balaban J connectivity index is 2.44. The van der Waals surface area contributed by atoms with Gasteiger partial charge in [0.2, 0.25) is 0 Å². The van der Waals surface area contributed by atoms with Gasteiger partial charge in [-0.05, 0) is 32.7 Å². The fourth-order valence-electron chi connectivity index (χ4n) is 2.72. The lowest BCUT2D eigenvalue weighted by molar-refractivity contribution is 0.114. The van der Waals surface area contributed by atoms with E-state index in [-0.39, 0.29) is 0 Å². The number of rotatable bonds is 5. The smallest absolute Gasteiger partial charge is 0.0551 e. The van der Waals surface area contributed by atoms with Crippen LogP contribution in [0.15, 0.2) is 0 Å². The molecule has 0 bridgehead atoms. The van der Waals surface area contributed by atoms with Crippen LogP contribution in [0.2, 0.25) is 0 Å². The van der Waals surface area contributed by atoms with Crippen molar-refractivity contribution in [3.8, 4) is 0 Å². The zero-order valence-corrected chi connectivity index (χ0v) is 10.0. The molecule has 1 N–H and O–H groups in total. The molecule has 0 amide bonds. The molecule has 1 aliphatic rings. The van der Waals surface area contributed by atoms with Gasteiger partial charge in [0.05, 0.1) is 12.7 Å². The molecule has 0 aromatic heterocycles. The van der Waals surface area contributed by atoms with E-state index in [1.54, 1.807) is 0 Å². The minimum atomic E-state index is 0.463. The fraction of sp³-hybridized carbons (Fsp3) is 1.00. The van der Waals surface area contributed by atoms with Crippen molar-refractivity contribution in [1.29, 1.82) is 0 Å². The summed E-state index contributed by atoms with van der Waals surface area (Å²) < 4.78 is 5.64. The van der Waals surface area contributed by atoms with Gasteiger partial charge in [0.25, 0.3) is 0 Å². The number of nitrogens with one attached hydrogen (secondary N) is 1. The van der Waals surface area contributed by atoms with Crippen molar-refractivity contribution in [3.63, 3.8) is 0 Å². The zero-order chi connectivity index (χ0) is 10.6. The van der Waals surface area contributed by atoms with Gasteiger partial charge in [-0.1, -0.05) is 20.3 Å². The Morgan fingerprint density at radius 2 is 2.21 bits per heavy atom. The van der Waals surface area contributed by atoms with E-state index in [2.05, 4.69) is 33.1 Å². The predicted octanol–water partition coefficient (Wildman–Crippen LogP) is 2.44. The van der Waals surface area contributed by atoms with Crippen LogP contribution in [-0.2, 0) is 4.74 Å². The Morgan fingerprint density at radius 1 is 1.50 bits per heavy atom. The average molecular weight is 199 g/mol. The molecule has 2 nitrogen and oxygen atoms in total. The third kappa shape index (κ3) is 2.96. The summed E-state index contributed by atoms with van der Waals surface area (Å²) in [6.07, 6.45) is 4.28. The first-order chi connectivity index (χ1) is 6.69. The fourth-order valence-corrected chi connectivity index (χ4v) is 2.72. The molecule has 1 heterocycles. The molecule has 2 heteroatoms. The summed E-state index contributed by atoms with van der Waals surface area (Å²) in [6, 6.07) is 0.639. The first-order valence-electron chi connectivity index (χ1n) is 5.97. The average Bonchev–Trinajstić information content (AvgIpc) is 2.54. The summed E-state index contributed by atoms with van der Waals surface area (Å²) in [5, 5.41) is 3.47.